The summed E-state index contributed by atoms with van der Waals surface area (Å²) in [4.78, 5) is 11.3. The highest BCUT2D eigenvalue weighted by molar-refractivity contribution is 5.90. The van der Waals surface area contributed by atoms with E-state index in [1.165, 1.54) is 25.7 Å². The van der Waals surface area contributed by atoms with E-state index in [2.05, 4.69) is 0 Å². The largest absolute Gasteiger partial charge is 0.299 e. The number of carbonyl (C=O) groups excluding carboxylic acids is 1. The molecule has 1 nitrogen and oxygen atoms in total. The van der Waals surface area contributed by atoms with Crippen LogP contribution in [0.2, 0.25) is 0 Å². The molecule has 0 aromatic rings. The summed E-state index contributed by atoms with van der Waals surface area (Å²) >= 11 is 0. The van der Waals surface area contributed by atoms with Crippen molar-refractivity contribution in [2.24, 2.45) is 23.7 Å². The van der Waals surface area contributed by atoms with Crippen LogP contribution in [0.15, 0.2) is 0 Å². The van der Waals surface area contributed by atoms with Crippen LogP contribution in [0.25, 0.3) is 0 Å². The van der Waals surface area contributed by atoms with Gasteiger partial charge in [0.25, 0.3) is 0 Å². The van der Waals surface area contributed by atoms with Gasteiger partial charge in [0.1, 0.15) is 5.78 Å². The molecule has 3 rings (SSSR count). The first-order valence-electron chi connectivity index (χ1n) is 4.40. The minimum atomic E-state index is 0.531. The van der Waals surface area contributed by atoms with Crippen LogP contribution in [0, 0.1) is 23.7 Å². The molecule has 0 spiro atoms. The third-order valence-corrected chi connectivity index (χ3v) is 3.84. The molecule has 2 bridgehead atoms. The summed E-state index contributed by atoms with van der Waals surface area (Å²) in [5.74, 6) is 3.48. The Labute approximate surface area is 60.8 Å². The second kappa shape index (κ2) is 1.46. The summed E-state index contributed by atoms with van der Waals surface area (Å²) in [6.07, 6.45) is 5.22. The molecule has 0 heterocycles. The fourth-order valence-corrected chi connectivity index (χ4v) is 3.33. The molecule has 10 heavy (non-hydrogen) atoms. The third-order valence-electron chi connectivity index (χ3n) is 3.84. The van der Waals surface area contributed by atoms with Crippen molar-refractivity contribution in [3.8, 4) is 0 Å². The Kier molecular flexibility index (Phi) is 0.781. The summed E-state index contributed by atoms with van der Waals surface area (Å²) in [6.45, 7) is 0. The molecular weight excluding hydrogens is 124 g/mol. The fourth-order valence-electron chi connectivity index (χ4n) is 3.33. The maximum Gasteiger partial charge on any atom is 0.139 e. The molecule has 54 valence electrons. The van der Waals surface area contributed by atoms with Crippen LogP contribution in [0.3, 0.4) is 0 Å². The lowest BCUT2D eigenvalue weighted by Gasteiger charge is -2.39. The van der Waals surface area contributed by atoms with Crippen LogP contribution >= 0.6 is 0 Å². The van der Waals surface area contributed by atoms with Crippen molar-refractivity contribution in [1.29, 1.82) is 0 Å². The van der Waals surface area contributed by atoms with E-state index in [1.54, 1.807) is 0 Å². The minimum absolute atomic E-state index is 0.531. The summed E-state index contributed by atoms with van der Waals surface area (Å²) in [5.41, 5.74) is 0. The van der Waals surface area contributed by atoms with E-state index in [9.17, 15) is 4.79 Å². The fraction of sp³-hybridized carbons (Fsp3) is 0.889. The Morgan fingerprint density at radius 3 is 2.90 bits per heavy atom. The minimum Gasteiger partial charge on any atom is -0.299 e. The van der Waals surface area contributed by atoms with E-state index in [0.29, 0.717) is 17.6 Å². The summed E-state index contributed by atoms with van der Waals surface area (Å²) in [6, 6.07) is 0. The van der Waals surface area contributed by atoms with Crippen molar-refractivity contribution < 1.29 is 4.79 Å². The summed E-state index contributed by atoms with van der Waals surface area (Å²) in [7, 11) is 0. The maximum absolute atomic E-state index is 11.3. The standard InChI is InChI=1S/C9H12O/c10-9-6-2-1-5-3-7(6)8(9)4-5/h5-8H,1-4H2/t5-,6?,7-,8-/m1/s1. The number of hydrogen-bond acceptors (Lipinski definition) is 1. The van der Waals surface area contributed by atoms with Gasteiger partial charge in [0.15, 0.2) is 0 Å². The van der Waals surface area contributed by atoms with Crippen LogP contribution in [0.1, 0.15) is 25.7 Å². The second-order valence-electron chi connectivity index (χ2n) is 4.19. The van der Waals surface area contributed by atoms with Gasteiger partial charge in [-0.1, -0.05) is 0 Å². The van der Waals surface area contributed by atoms with E-state index >= 15 is 0 Å². The number of rotatable bonds is 0. The molecule has 0 N–H and O–H groups in total. The Bertz CT molecular complexity index is 189. The van der Waals surface area contributed by atoms with Crippen molar-refractivity contribution >= 4 is 5.78 Å². The zero-order valence-corrected chi connectivity index (χ0v) is 6.05. The normalized spacial score (nSPS) is 56.6. The van der Waals surface area contributed by atoms with Crippen molar-refractivity contribution in [1.82, 2.24) is 0 Å². The maximum atomic E-state index is 11.3. The zero-order chi connectivity index (χ0) is 6.72. The topological polar surface area (TPSA) is 17.1 Å². The van der Waals surface area contributed by atoms with Crippen LogP contribution in [0.4, 0.5) is 0 Å². The van der Waals surface area contributed by atoms with Gasteiger partial charge in [-0.05, 0) is 37.5 Å². The number of hydrogen-bond donors (Lipinski definition) is 0. The molecule has 3 fully saturated rings. The molecule has 0 saturated heterocycles. The Morgan fingerprint density at radius 2 is 2.00 bits per heavy atom. The summed E-state index contributed by atoms with van der Waals surface area (Å²) < 4.78 is 0. The molecule has 3 saturated carbocycles. The lowest BCUT2D eigenvalue weighted by Crippen LogP contribution is -2.44. The van der Waals surface area contributed by atoms with Crippen LogP contribution in [0.5, 0.6) is 0 Å². The van der Waals surface area contributed by atoms with E-state index in [1.807, 2.05) is 0 Å². The first-order valence-corrected chi connectivity index (χ1v) is 4.40. The molecule has 0 aromatic carbocycles. The molecule has 0 aliphatic heterocycles. The molecule has 1 unspecified atom stereocenters. The summed E-state index contributed by atoms with van der Waals surface area (Å²) in [5, 5.41) is 0. The molecule has 3 aliphatic rings. The molecule has 0 aromatic heterocycles. The molecule has 4 atom stereocenters. The van der Waals surface area contributed by atoms with E-state index in [-0.39, 0.29) is 0 Å². The number of fused-ring (bicyclic) bond motifs is 1. The lowest BCUT2D eigenvalue weighted by molar-refractivity contribution is -0.141. The van der Waals surface area contributed by atoms with Gasteiger partial charge in [-0.2, -0.15) is 0 Å². The van der Waals surface area contributed by atoms with E-state index < -0.39 is 0 Å². The zero-order valence-electron chi connectivity index (χ0n) is 6.05. The Hall–Kier alpha value is -0.330. The molecule has 1 heteroatoms. The first-order chi connectivity index (χ1) is 4.86. The van der Waals surface area contributed by atoms with Gasteiger partial charge in [-0.3, -0.25) is 4.79 Å². The molecule has 3 aliphatic carbocycles. The van der Waals surface area contributed by atoms with Gasteiger partial charge < -0.3 is 0 Å². The number of carbonyl (C=O) groups is 1. The van der Waals surface area contributed by atoms with Crippen LogP contribution in [-0.4, -0.2) is 5.78 Å². The molecule has 0 radical (unpaired) electrons. The third kappa shape index (κ3) is 0.415. The lowest BCUT2D eigenvalue weighted by atomic mass is 9.63. The highest BCUT2D eigenvalue weighted by Gasteiger charge is 2.56. The van der Waals surface area contributed by atoms with E-state index in [0.717, 1.165) is 11.8 Å². The predicted octanol–water partition coefficient (Wildman–Crippen LogP) is 1.62. The Morgan fingerprint density at radius 1 is 1.10 bits per heavy atom. The average Bonchev–Trinajstić information content (AvgIpc) is 2.12. The smallest absolute Gasteiger partial charge is 0.139 e. The highest BCUT2D eigenvalue weighted by atomic mass is 16.1. The molecule has 0 amide bonds. The second-order valence-corrected chi connectivity index (χ2v) is 4.19. The van der Waals surface area contributed by atoms with Gasteiger partial charge in [0, 0.05) is 11.8 Å². The van der Waals surface area contributed by atoms with Crippen molar-refractivity contribution in [2.75, 3.05) is 0 Å². The van der Waals surface area contributed by atoms with E-state index in [4.69, 9.17) is 0 Å². The predicted molar refractivity (Wildman–Crippen MR) is 37.4 cm³/mol. The van der Waals surface area contributed by atoms with Crippen molar-refractivity contribution in [3.05, 3.63) is 0 Å². The van der Waals surface area contributed by atoms with Gasteiger partial charge in [0.2, 0.25) is 0 Å². The highest BCUT2D eigenvalue weighted by Crippen LogP contribution is 2.57. The quantitative estimate of drug-likeness (QED) is 0.494. The van der Waals surface area contributed by atoms with Gasteiger partial charge in [-0.15, -0.1) is 0 Å². The first kappa shape index (κ1) is 5.34. The van der Waals surface area contributed by atoms with Crippen molar-refractivity contribution in [3.63, 3.8) is 0 Å². The van der Waals surface area contributed by atoms with Crippen LogP contribution in [-0.2, 0) is 4.79 Å². The number of Topliss-reactive ketones (excluding diaryl/α,β-unsaturated/α-hetero) is 1. The van der Waals surface area contributed by atoms with Crippen molar-refractivity contribution in [2.45, 2.75) is 25.7 Å². The van der Waals surface area contributed by atoms with Gasteiger partial charge >= 0.3 is 0 Å². The SMILES string of the molecule is O=C1C2CC[C@@H]3C[C@H]2[C@H]1C3. The Balaban J connectivity index is 2.00. The molecular formula is C9H12O. The average molecular weight is 136 g/mol. The van der Waals surface area contributed by atoms with Crippen LogP contribution < -0.4 is 0 Å². The number of ketones is 1. The monoisotopic (exact) mass is 136 g/mol. The van der Waals surface area contributed by atoms with Gasteiger partial charge in [0.05, 0.1) is 0 Å². The van der Waals surface area contributed by atoms with Gasteiger partial charge in [-0.25, -0.2) is 0 Å².